The monoisotopic (exact) mass is 624 g/mol. The molecule has 0 amide bonds. The summed E-state index contributed by atoms with van der Waals surface area (Å²) in [5, 5.41) is 7.80. The van der Waals surface area contributed by atoms with E-state index in [0.29, 0.717) is 0 Å². The van der Waals surface area contributed by atoms with Crippen LogP contribution in [0.3, 0.4) is 0 Å². The molecule has 0 saturated carbocycles. The van der Waals surface area contributed by atoms with Gasteiger partial charge in [0.1, 0.15) is 18.3 Å². The summed E-state index contributed by atoms with van der Waals surface area (Å²) in [7, 11) is 0. The summed E-state index contributed by atoms with van der Waals surface area (Å²) in [6.45, 7) is 5.94. The number of ether oxygens (including phenoxy) is 7. The smallest absolute Gasteiger partial charge is 0.305 e. The highest BCUT2D eigenvalue weighted by Crippen LogP contribution is 2.35. The fourth-order valence-electron chi connectivity index (χ4n) is 5.31. The van der Waals surface area contributed by atoms with Crippen molar-refractivity contribution < 1.29 is 42.7 Å². The van der Waals surface area contributed by atoms with Crippen LogP contribution in [0.4, 0.5) is 0 Å². The first-order valence-electron chi connectivity index (χ1n) is 14.4. The zero-order chi connectivity index (χ0) is 32.3. The van der Waals surface area contributed by atoms with Crippen LogP contribution in [0.1, 0.15) is 38.8 Å². The van der Waals surface area contributed by atoms with E-state index < -0.39 is 73.2 Å². The van der Waals surface area contributed by atoms with Gasteiger partial charge in [-0.1, -0.05) is 70.9 Å². The molecule has 2 fully saturated rings. The third kappa shape index (κ3) is 8.93. The van der Waals surface area contributed by atoms with Crippen LogP contribution in [0.5, 0.6) is 0 Å². The highest BCUT2D eigenvalue weighted by Gasteiger charge is 2.53. The second-order valence-electron chi connectivity index (χ2n) is 10.6. The van der Waals surface area contributed by atoms with Crippen LogP contribution in [0, 0.1) is 0 Å². The minimum Gasteiger partial charge on any atom is -0.454 e. The largest absolute Gasteiger partial charge is 0.454 e. The first-order valence-corrected chi connectivity index (χ1v) is 14.4. The highest BCUT2D eigenvalue weighted by molar-refractivity contribution is 5.66. The summed E-state index contributed by atoms with van der Waals surface area (Å²) >= 11 is 0. The number of benzene rings is 2. The van der Waals surface area contributed by atoms with Crippen molar-refractivity contribution in [2.24, 2.45) is 10.2 Å². The Hall–Kier alpha value is -4.20. The Balaban J connectivity index is 1.70. The second-order valence-corrected chi connectivity index (χ2v) is 10.6. The molecule has 2 heterocycles. The minimum absolute atomic E-state index is 0.0966. The Morgan fingerprint density at radius 3 is 1.58 bits per heavy atom. The Bertz CT molecular complexity index is 1370. The van der Waals surface area contributed by atoms with Gasteiger partial charge in [-0.2, -0.15) is 0 Å². The topological polar surface area (TPSA) is 196 Å². The SMILES string of the molecule is CC(=O)O[C@H]1O[C@H](C)[C@@H](N=[N+]=[N-])[C@H](OCc2ccccc2)[C@@H]1O[C@H]1O[C@H](C)[C@@H](N=[N+]=[N-])[C@H](OCc2ccccc2)[C@@H]1OC(C)=O. The lowest BCUT2D eigenvalue weighted by Crippen LogP contribution is -2.64. The van der Waals surface area contributed by atoms with Crippen LogP contribution in [-0.2, 0) is 56.0 Å². The summed E-state index contributed by atoms with van der Waals surface area (Å²) in [6.07, 6.45) is -8.67. The minimum atomic E-state index is -1.34. The Labute approximate surface area is 259 Å². The fraction of sp³-hybridized carbons (Fsp3) is 0.533. The van der Waals surface area contributed by atoms with E-state index in [9.17, 15) is 20.7 Å². The number of carbonyl (C=O) groups excluding carboxylic acids is 2. The second kappa shape index (κ2) is 16.2. The average molecular weight is 625 g/mol. The van der Waals surface area contributed by atoms with E-state index in [1.807, 2.05) is 60.7 Å². The number of nitrogens with zero attached hydrogens (tertiary/aromatic N) is 6. The van der Waals surface area contributed by atoms with Gasteiger partial charge in [0.2, 0.25) is 6.29 Å². The van der Waals surface area contributed by atoms with Crippen molar-refractivity contribution in [3.8, 4) is 0 Å². The van der Waals surface area contributed by atoms with Crippen LogP contribution in [0.2, 0.25) is 0 Å². The van der Waals surface area contributed by atoms with Crippen molar-refractivity contribution >= 4 is 11.9 Å². The molecule has 2 saturated heterocycles. The van der Waals surface area contributed by atoms with Gasteiger partial charge in [0.25, 0.3) is 0 Å². The molecule has 2 aliphatic heterocycles. The summed E-state index contributed by atoms with van der Waals surface area (Å²) in [5.74, 6) is -1.33. The number of rotatable bonds is 12. The Morgan fingerprint density at radius 1 is 0.689 bits per heavy atom. The van der Waals surface area contributed by atoms with E-state index >= 15 is 0 Å². The van der Waals surface area contributed by atoms with Gasteiger partial charge in [0, 0.05) is 23.7 Å². The van der Waals surface area contributed by atoms with E-state index in [1.54, 1.807) is 13.8 Å². The number of esters is 2. The third-order valence-corrected chi connectivity index (χ3v) is 7.33. The average Bonchev–Trinajstić information content (AvgIpc) is 3.01. The molecular formula is C30H36N6O9. The van der Waals surface area contributed by atoms with Gasteiger partial charge >= 0.3 is 11.9 Å². The van der Waals surface area contributed by atoms with Crippen molar-refractivity contribution in [2.75, 3.05) is 0 Å². The molecule has 10 atom stereocenters. The lowest BCUT2D eigenvalue weighted by molar-refractivity contribution is -0.345. The van der Waals surface area contributed by atoms with Crippen LogP contribution >= 0.6 is 0 Å². The maximum atomic E-state index is 12.4. The molecule has 2 aromatic carbocycles. The molecule has 240 valence electrons. The lowest BCUT2D eigenvalue weighted by atomic mass is 9.95. The molecule has 4 rings (SSSR count). The summed E-state index contributed by atoms with van der Waals surface area (Å²) in [6, 6.07) is 16.7. The normalized spacial score (nSPS) is 31.1. The summed E-state index contributed by atoms with van der Waals surface area (Å²) in [5.41, 5.74) is 20.4. The molecule has 45 heavy (non-hydrogen) atoms. The standard InChI is InChI=1S/C30H36N6O9/c1-17-24(34-36-32)26(40-16-22-13-9-6-10-14-22)28(29(41-17)44-20(4)38)45-30-27(43-19(3)37)25(23(33-35-31)18(2)42-30)39-15-21-11-7-5-8-12-21/h5-14,17-18,23-30H,15-16H2,1-4H3/t17-,18-,23-,24-,25+,26+,27+,28+,29-,30-/m1/s1. The van der Waals surface area contributed by atoms with Gasteiger partial charge < -0.3 is 33.2 Å². The number of hydrogen-bond donors (Lipinski definition) is 0. The van der Waals surface area contributed by atoms with Gasteiger partial charge in [0.15, 0.2) is 12.4 Å². The van der Waals surface area contributed by atoms with Crippen LogP contribution in [-0.4, -0.2) is 73.2 Å². The van der Waals surface area contributed by atoms with Gasteiger partial charge in [-0.3, -0.25) is 9.59 Å². The quantitative estimate of drug-likeness (QED) is 0.137. The molecule has 0 radical (unpaired) electrons. The number of azide groups is 2. The number of hydrogen-bond acceptors (Lipinski definition) is 11. The number of carbonyl (C=O) groups is 2. The van der Waals surface area contributed by atoms with Crippen LogP contribution in [0.15, 0.2) is 70.9 Å². The van der Waals surface area contributed by atoms with Gasteiger partial charge in [-0.15, -0.1) is 0 Å². The lowest BCUT2D eigenvalue weighted by Gasteiger charge is -2.48. The molecule has 0 aromatic heterocycles. The van der Waals surface area contributed by atoms with Crippen molar-refractivity contribution in [3.63, 3.8) is 0 Å². The maximum absolute atomic E-state index is 12.4. The zero-order valence-corrected chi connectivity index (χ0v) is 25.3. The van der Waals surface area contributed by atoms with E-state index in [1.165, 1.54) is 13.8 Å². The summed E-state index contributed by atoms with van der Waals surface area (Å²) in [4.78, 5) is 30.5. The molecule has 2 aliphatic rings. The van der Waals surface area contributed by atoms with E-state index in [4.69, 9.17) is 33.2 Å². The Morgan fingerprint density at radius 2 is 1.13 bits per heavy atom. The van der Waals surface area contributed by atoms with Crippen LogP contribution in [0.25, 0.3) is 20.9 Å². The molecule has 0 spiro atoms. The fourth-order valence-corrected chi connectivity index (χ4v) is 5.31. The van der Waals surface area contributed by atoms with Crippen molar-refractivity contribution in [2.45, 2.75) is 102 Å². The third-order valence-electron chi connectivity index (χ3n) is 7.33. The maximum Gasteiger partial charge on any atom is 0.305 e. The molecule has 0 unspecified atom stereocenters. The van der Waals surface area contributed by atoms with Gasteiger partial charge in [-0.05, 0) is 36.0 Å². The molecule has 15 nitrogen and oxygen atoms in total. The molecule has 15 heteroatoms. The highest BCUT2D eigenvalue weighted by atomic mass is 16.8. The molecule has 2 aromatic rings. The first-order chi connectivity index (χ1) is 21.7. The first kappa shape index (κ1) is 33.7. The molecular weight excluding hydrogens is 588 g/mol. The van der Waals surface area contributed by atoms with Crippen molar-refractivity contribution in [1.29, 1.82) is 0 Å². The van der Waals surface area contributed by atoms with E-state index in [2.05, 4.69) is 20.1 Å². The zero-order valence-electron chi connectivity index (χ0n) is 25.3. The Kier molecular flexibility index (Phi) is 12.1. The predicted molar refractivity (Wildman–Crippen MR) is 157 cm³/mol. The van der Waals surface area contributed by atoms with Crippen molar-refractivity contribution in [3.05, 3.63) is 92.7 Å². The molecule has 0 bridgehead atoms. The molecule has 0 aliphatic carbocycles. The van der Waals surface area contributed by atoms with E-state index in [-0.39, 0.29) is 13.2 Å². The predicted octanol–water partition coefficient (Wildman–Crippen LogP) is 4.88. The summed E-state index contributed by atoms with van der Waals surface area (Å²) < 4.78 is 42.2. The molecule has 0 N–H and O–H groups in total. The van der Waals surface area contributed by atoms with Gasteiger partial charge in [0.05, 0.1) is 37.5 Å². The van der Waals surface area contributed by atoms with Crippen LogP contribution < -0.4 is 0 Å². The van der Waals surface area contributed by atoms with Gasteiger partial charge in [-0.25, -0.2) is 0 Å². The van der Waals surface area contributed by atoms with E-state index in [0.717, 1.165) is 11.1 Å². The van der Waals surface area contributed by atoms with Crippen molar-refractivity contribution in [1.82, 2.24) is 0 Å².